The summed E-state index contributed by atoms with van der Waals surface area (Å²) in [6, 6.07) is 4.23. The highest BCUT2D eigenvalue weighted by Crippen LogP contribution is 2.15. The van der Waals surface area contributed by atoms with E-state index in [2.05, 4.69) is 49.6 Å². The highest BCUT2D eigenvalue weighted by molar-refractivity contribution is 5.79. The second-order valence-corrected chi connectivity index (χ2v) is 7.82. The van der Waals surface area contributed by atoms with Gasteiger partial charge in [-0.1, -0.05) is 0 Å². The summed E-state index contributed by atoms with van der Waals surface area (Å²) in [7, 11) is 3.97. The van der Waals surface area contributed by atoms with Crippen molar-refractivity contribution in [1.82, 2.24) is 20.5 Å². The third-order valence-corrected chi connectivity index (χ3v) is 5.46. The van der Waals surface area contributed by atoms with E-state index in [1.807, 2.05) is 6.20 Å². The molecule has 0 radical (unpaired) electrons. The second kappa shape index (κ2) is 11.9. The number of hydrogen-bond donors (Lipinski definition) is 2. The van der Waals surface area contributed by atoms with Crippen LogP contribution in [-0.2, 0) is 16.0 Å². The van der Waals surface area contributed by atoms with Gasteiger partial charge in [0, 0.05) is 71.6 Å². The molecule has 8 nitrogen and oxygen atoms in total. The molecule has 0 amide bonds. The van der Waals surface area contributed by atoms with Crippen molar-refractivity contribution in [2.24, 2.45) is 10.9 Å². The molecule has 0 aromatic carbocycles. The van der Waals surface area contributed by atoms with E-state index in [0.717, 1.165) is 90.3 Å². The Bertz CT molecular complexity index is 627. The summed E-state index contributed by atoms with van der Waals surface area (Å²) in [6.45, 7) is 9.08. The van der Waals surface area contributed by atoms with Crippen LogP contribution >= 0.6 is 0 Å². The Hall–Kier alpha value is -1.90. The second-order valence-electron chi connectivity index (χ2n) is 7.82. The Morgan fingerprint density at radius 1 is 1.31 bits per heavy atom. The molecular weight excluding hydrogens is 368 g/mol. The first-order valence-electron chi connectivity index (χ1n) is 10.7. The molecule has 29 heavy (non-hydrogen) atoms. The van der Waals surface area contributed by atoms with Gasteiger partial charge in [-0.15, -0.1) is 0 Å². The Labute approximate surface area is 174 Å². The number of anilines is 1. The first-order chi connectivity index (χ1) is 14.2. The topological polar surface area (TPSA) is 74.2 Å². The number of piperazine rings is 1. The van der Waals surface area contributed by atoms with Crippen molar-refractivity contribution in [3.05, 3.63) is 23.9 Å². The maximum Gasteiger partial charge on any atom is 0.191 e. The fourth-order valence-corrected chi connectivity index (χ4v) is 3.53. The summed E-state index contributed by atoms with van der Waals surface area (Å²) < 4.78 is 11.1. The van der Waals surface area contributed by atoms with E-state index in [4.69, 9.17) is 9.47 Å². The normalized spacial score (nSPS) is 20.8. The van der Waals surface area contributed by atoms with Crippen LogP contribution in [0.4, 0.5) is 5.82 Å². The van der Waals surface area contributed by atoms with Gasteiger partial charge in [0.25, 0.3) is 0 Å². The Kier molecular flexibility index (Phi) is 8.98. The number of aromatic nitrogens is 1. The molecule has 3 heterocycles. The van der Waals surface area contributed by atoms with E-state index in [1.54, 1.807) is 7.05 Å². The minimum atomic E-state index is 0.577. The number of ether oxygens (including phenoxy) is 2. The lowest BCUT2D eigenvalue weighted by Crippen LogP contribution is -2.44. The number of guanidine groups is 1. The number of rotatable bonds is 9. The molecule has 0 saturated carbocycles. The number of likely N-dealkylation sites (N-methyl/N-ethyl adjacent to an activating group) is 1. The van der Waals surface area contributed by atoms with Gasteiger partial charge in [-0.2, -0.15) is 0 Å². The van der Waals surface area contributed by atoms with E-state index in [9.17, 15) is 0 Å². The van der Waals surface area contributed by atoms with Gasteiger partial charge in [0.2, 0.25) is 0 Å². The van der Waals surface area contributed by atoms with Crippen LogP contribution in [0.2, 0.25) is 0 Å². The third kappa shape index (κ3) is 7.45. The van der Waals surface area contributed by atoms with Crippen molar-refractivity contribution in [3.63, 3.8) is 0 Å². The molecule has 2 fully saturated rings. The lowest BCUT2D eigenvalue weighted by Gasteiger charge is -2.33. The van der Waals surface area contributed by atoms with Gasteiger partial charge in [-0.25, -0.2) is 4.98 Å². The number of nitrogens with one attached hydrogen (secondary N) is 2. The SMILES string of the molecule is CN=C(NCCCOCC1CCOC1)NCc1ccnc(N2CCN(C)CC2)c1. The molecule has 2 saturated heterocycles. The number of nitrogens with zero attached hydrogens (tertiary/aromatic N) is 4. The smallest absolute Gasteiger partial charge is 0.191 e. The molecule has 0 spiro atoms. The summed E-state index contributed by atoms with van der Waals surface area (Å²) in [5.74, 6) is 2.45. The minimum absolute atomic E-state index is 0.577. The van der Waals surface area contributed by atoms with Crippen LogP contribution in [0.15, 0.2) is 23.3 Å². The zero-order chi connectivity index (χ0) is 20.3. The highest BCUT2D eigenvalue weighted by Gasteiger charge is 2.16. The molecule has 2 N–H and O–H groups in total. The quantitative estimate of drug-likeness (QED) is 0.360. The van der Waals surface area contributed by atoms with Gasteiger partial charge in [0.15, 0.2) is 5.96 Å². The molecule has 1 atom stereocenters. The van der Waals surface area contributed by atoms with E-state index >= 15 is 0 Å². The maximum absolute atomic E-state index is 5.74. The van der Waals surface area contributed by atoms with Crippen LogP contribution < -0.4 is 15.5 Å². The van der Waals surface area contributed by atoms with Crippen molar-refractivity contribution in [2.45, 2.75) is 19.4 Å². The predicted molar refractivity (Wildman–Crippen MR) is 117 cm³/mol. The monoisotopic (exact) mass is 404 g/mol. The standard InChI is InChI=1S/C21H36N6O2/c1-22-21(24-6-3-12-28-16-19-5-13-29-17-19)25-15-18-4-7-23-20(14-18)27-10-8-26(2)9-11-27/h4,7,14,19H,3,5-6,8-13,15-17H2,1-2H3,(H2,22,24,25). The average Bonchev–Trinajstić information content (AvgIpc) is 3.27. The van der Waals surface area contributed by atoms with E-state index in [1.165, 1.54) is 5.56 Å². The van der Waals surface area contributed by atoms with Crippen molar-refractivity contribution in [3.8, 4) is 0 Å². The fraction of sp³-hybridized carbons (Fsp3) is 0.714. The van der Waals surface area contributed by atoms with Crippen LogP contribution in [-0.4, -0.2) is 89.1 Å². The third-order valence-electron chi connectivity index (χ3n) is 5.46. The number of aliphatic imine (C=N–C) groups is 1. The van der Waals surface area contributed by atoms with Gasteiger partial charge in [-0.3, -0.25) is 4.99 Å². The highest BCUT2D eigenvalue weighted by atomic mass is 16.5. The molecule has 0 aliphatic carbocycles. The van der Waals surface area contributed by atoms with Crippen LogP contribution in [0.1, 0.15) is 18.4 Å². The molecule has 3 rings (SSSR count). The number of pyridine rings is 1. The van der Waals surface area contributed by atoms with E-state index < -0.39 is 0 Å². The molecule has 8 heteroatoms. The van der Waals surface area contributed by atoms with Crippen LogP contribution in [0.3, 0.4) is 0 Å². The van der Waals surface area contributed by atoms with Gasteiger partial charge >= 0.3 is 0 Å². The maximum atomic E-state index is 5.74. The minimum Gasteiger partial charge on any atom is -0.381 e. The van der Waals surface area contributed by atoms with Gasteiger partial charge in [-0.05, 0) is 37.6 Å². The van der Waals surface area contributed by atoms with Crippen LogP contribution in [0, 0.1) is 5.92 Å². The molecular formula is C21H36N6O2. The molecule has 0 bridgehead atoms. The molecule has 2 aliphatic heterocycles. The average molecular weight is 405 g/mol. The largest absolute Gasteiger partial charge is 0.381 e. The summed E-state index contributed by atoms with van der Waals surface area (Å²) in [5, 5.41) is 6.74. The van der Waals surface area contributed by atoms with Crippen LogP contribution in [0.25, 0.3) is 0 Å². The van der Waals surface area contributed by atoms with Crippen LogP contribution in [0.5, 0.6) is 0 Å². The molecule has 1 aromatic heterocycles. The summed E-state index contributed by atoms with van der Waals surface area (Å²) in [6.07, 6.45) is 3.98. The lowest BCUT2D eigenvalue weighted by atomic mass is 10.1. The van der Waals surface area contributed by atoms with E-state index in [-0.39, 0.29) is 0 Å². The summed E-state index contributed by atoms with van der Waals surface area (Å²) in [4.78, 5) is 13.6. The van der Waals surface area contributed by atoms with Gasteiger partial charge in [0.05, 0.1) is 13.2 Å². The Morgan fingerprint density at radius 2 is 2.17 bits per heavy atom. The lowest BCUT2D eigenvalue weighted by molar-refractivity contribution is 0.0888. The Morgan fingerprint density at radius 3 is 2.93 bits per heavy atom. The summed E-state index contributed by atoms with van der Waals surface area (Å²) in [5.41, 5.74) is 1.21. The Balaban J connectivity index is 1.33. The summed E-state index contributed by atoms with van der Waals surface area (Å²) >= 11 is 0. The van der Waals surface area contributed by atoms with Crippen molar-refractivity contribution < 1.29 is 9.47 Å². The van der Waals surface area contributed by atoms with Gasteiger partial charge in [0.1, 0.15) is 5.82 Å². The van der Waals surface area contributed by atoms with Crippen molar-refractivity contribution in [1.29, 1.82) is 0 Å². The molecule has 1 aromatic rings. The van der Waals surface area contributed by atoms with E-state index in [0.29, 0.717) is 5.92 Å². The zero-order valence-electron chi connectivity index (χ0n) is 17.9. The molecule has 1 unspecified atom stereocenters. The van der Waals surface area contributed by atoms with Crippen molar-refractivity contribution >= 4 is 11.8 Å². The molecule has 162 valence electrons. The molecule has 2 aliphatic rings. The first kappa shape index (κ1) is 21.8. The zero-order valence-corrected chi connectivity index (χ0v) is 17.9. The first-order valence-corrected chi connectivity index (χ1v) is 10.7. The fourth-order valence-electron chi connectivity index (χ4n) is 3.53. The van der Waals surface area contributed by atoms with Gasteiger partial charge < -0.3 is 29.9 Å². The number of hydrogen-bond acceptors (Lipinski definition) is 6. The predicted octanol–water partition coefficient (Wildman–Crippen LogP) is 0.942. The van der Waals surface area contributed by atoms with Crippen molar-refractivity contribution in [2.75, 3.05) is 78.1 Å².